The van der Waals surface area contributed by atoms with Crippen LogP contribution in [-0.2, 0) is 11.0 Å². The second kappa shape index (κ2) is 13.0. The predicted octanol–water partition coefficient (Wildman–Crippen LogP) is 6.76. The number of fused-ring (bicyclic) bond motifs is 1. The first-order valence-electron chi connectivity index (χ1n) is 14.7. The van der Waals surface area contributed by atoms with Crippen LogP contribution in [0.1, 0.15) is 48.2 Å². The van der Waals surface area contributed by atoms with Crippen molar-refractivity contribution in [2.24, 2.45) is 0 Å². The lowest BCUT2D eigenvalue weighted by Crippen LogP contribution is -2.44. The molecule has 2 N–H and O–H groups in total. The Labute approximate surface area is 254 Å². The van der Waals surface area contributed by atoms with Crippen LogP contribution >= 0.6 is 0 Å². The van der Waals surface area contributed by atoms with Crippen molar-refractivity contribution in [2.45, 2.75) is 39.8 Å². The molecular formula is C33H35F3N6O2. The molecule has 1 fully saturated rings. The van der Waals surface area contributed by atoms with E-state index in [0.29, 0.717) is 11.5 Å². The third-order valence-corrected chi connectivity index (χ3v) is 7.92. The highest BCUT2D eigenvalue weighted by Crippen LogP contribution is 2.40. The monoisotopic (exact) mass is 604 g/mol. The number of carbonyl (C=O) groups excluding carboxylic acids is 2. The van der Waals surface area contributed by atoms with Crippen molar-refractivity contribution in [1.29, 1.82) is 0 Å². The van der Waals surface area contributed by atoms with Gasteiger partial charge in [-0.2, -0.15) is 13.2 Å². The molecule has 4 aromatic rings. The second-order valence-electron chi connectivity index (χ2n) is 10.8. The zero-order chi connectivity index (χ0) is 31.4. The van der Waals surface area contributed by atoms with Crippen LogP contribution in [0.15, 0.2) is 60.8 Å². The van der Waals surface area contributed by atoms with E-state index in [2.05, 4.69) is 39.3 Å². The lowest BCUT2D eigenvalue weighted by atomic mass is 9.97. The topological polar surface area (TPSA) is 90.5 Å². The number of hydrogen-bond donors (Lipinski definition) is 2. The fraction of sp³-hybridized carbons (Fsp3) is 0.333. The first-order valence-corrected chi connectivity index (χ1v) is 14.7. The molecule has 0 saturated carbocycles. The first kappa shape index (κ1) is 30.9. The Morgan fingerprint density at radius 1 is 1.05 bits per heavy atom. The van der Waals surface area contributed by atoms with Crippen LogP contribution in [0.25, 0.3) is 22.0 Å². The Balaban J connectivity index is 1.31. The van der Waals surface area contributed by atoms with Crippen molar-refractivity contribution in [3.63, 3.8) is 0 Å². The number of carbonyl (C=O) groups is 2. The molecule has 0 spiro atoms. The first-order chi connectivity index (χ1) is 21.1. The Bertz CT molecular complexity index is 1690. The summed E-state index contributed by atoms with van der Waals surface area (Å²) < 4.78 is 41.4. The van der Waals surface area contributed by atoms with Gasteiger partial charge in [0, 0.05) is 42.3 Å². The minimum atomic E-state index is -4.69. The zero-order valence-corrected chi connectivity index (χ0v) is 25.0. The van der Waals surface area contributed by atoms with Gasteiger partial charge < -0.3 is 20.4 Å². The number of aryl methyl sites for hydroxylation is 1. The van der Waals surface area contributed by atoms with Crippen LogP contribution in [0.5, 0.6) is 0 Å². The second-order valence-corrected chi connectivity index (χ2v) is 10.8. The molecule has 0 radical (unpaired) electrons. The third-order valence-electron chi connectivity index (χ3n) is 7.92. The van der Waals surface area contributed by atoms with E-state index in [4.69, 9.17) is 0 Å². The molecule has 0 aliphatic carbocycles. The van der Waals surface area contributed by atoms with Crippen LogP contribution in [0.3, 0.4) is 0 Å². The Kier molecular flexibility index (Phi) is 9.14. The van der Waals surface area contributed by atoms with Gasteiger partial charge in [-0.05, 0) is 92.1 Å². The van der Waals surface area contributed by atoms with Gasteiger partial charge in [0.2, 0.25) is 11.9 Å². The largest absolute Gasteiger partial charge is 0.418 e. The normalized spacial score (nSPS) is 13.3. The fourth-order valence-electron chi connectivity index (χ4n) is 5.25. The molecule has 2 heterocycles. The number of nitrogens with one attached hydrogen (secondary N) is 2. The standard InChI is InChI=1S/C33H35F3N6O2/c1-4-41(5-2)15-6-14-37-32-38-20-24-17-22(9-11-28(24)40-32)26-18-23(8-7-21(26)3)31(44)39-25-10-12-29(42-16-13-30(42)43)27(19-25)33(34,35)36/h7-12,17-20H,4-6,13-16H2,1-3H3,(H,39,44)(H,37,38,40). The van der Waals surface area contributed by atoms with E-state index in [1.807, 2.05) is 25.1 Å². The SMILES string of the molecule is CCN(CC)CCCNc1ncc2cc(-c3cc(C(=O)Nc4ccc(N5CCC5=O)c(C(F)(F)F)c4)ccc3C)ccc2n1. The summed E-state index contributed by atoms with van der Waals surface area (Å²) >= 11 is 0. The smallest absolute Gasteiger partial charge is 0.354 e. The van der Waals surface area contributed by atoms with E-state index >= 15 is 0 Å². The van der Waals surface area contributed by atoms with Crippen molar-refractivity contribution >= 4 is 40.0 Å². The molecule has 1 aliphatic rings. The van der Waals surface area contributed by atoms with Gasteiger partial charge in [0.05, 0.1) is 16.8 Å². The molecule has 1 aliphatic heterocycles. The number of benzene rings is 3. The maximum Gasteiger partial charge on any atom is 0.418 e. The van der Waals surface area contributed by atoms with Crippen molar-refractivity contribution < 1.29 is 22.8 Å². The lowest BCUT2D eigenvalue weighted by molar-refractivity contribution is -0.137. The number of β-lactam (4-membered cyclic amide) rings is 1. The summed E-state index contributed by atoms with van der Waals surface area (Å²) in [5.74, 6) is -0.343. The van der Waals surface area contributed by atoms with Crippen LogP contribution in [0.4, 0.5) is 30.5 Å². The summed E-state index contributed by atoms with van der Waals surface area (Å²) in [7, 11) is 0. The van der Waals surface area contributed by atoms with Gasteiger partial charge in [-0.3, -0.25) is 9.59 Å². The highest BCUT2D eigenvalue weighted by atomic mass is 19.4. The molecule has 1 saturated heterocycles. The van der Waals surface area contributed by atoms with E-state index in [-0.39, 0.29) is 30.2 Å². The number of halogens is 3. The summed E-state index contributed by atoms with van der Waals surface area (Å²) in [4.78, 5) is 37.5. The number of amides is 2. The molecule has 2 amide bonds. The van der Waals surface area contributed by atoms with Gasteiger partial charge >= 0.3 is 6.18 Å². The van der Waals surface area contributed by atoms with Gasteiger partial charge in [-0.15, -0.1) is 0 Å². The zero-order valence-electron chi connectivity index (χ0n) is 25.0. The van der Waals surface area contributed by atoms with Crippen LogP contribution < -0.4 is 15.5 Å². The number of alkyl halides is 3. The molecule has 0 atom stereocenters. The average molecular weight is 605 g/mol. The molecule has 8 nitrogen and oxygen atoms in total. The summed E-state index contributed by atoms with van der Waals surface area (Å²) in [6, 6.07) is 14.4. The minimum absolute atomic E-state index is 0.0125. The van der Waals surface area contributed by atoms with E-state index in [1.165, 1.54) is 12.1 Å². The molecule has 1 aromatic heterocycles. The fourth-order valence-corrected chi connectivity index (χ4v) is 5.25. The highest BCUT2D eigenvalue weighted by Gasteiger charge is 2.38. The van der Waals surface area contributed by atoms with E-state index in [9.17, 15) is 22.8 Å². The van der Waals surface area contributed by atoms with E-state index in [1.54, 1.807) is 24.4 Å². The lowest BCUT2D eigenvalue weighted by Gasteiger charge is -2.33. The van der Waals surface area contributed by atoms with Crippen molar-refractivity contribution in [1.82, 2.24) is 14.9 Å². The molecule has 0 bridgehead atoms. The highest BCUT2D eigenvalue weighted by molar-refractivity contribution is 6.06. The maximum atomic E-state index is 13.8. The quantitative estimate of drug-likeness (QED) is 0.145. The molecular weight excluding hydrogens is 569 g/mol. The number of aromatic nitrogens is 2. The number of rotatable bonds is 11. The van der Waals surface area contributed by atoms with Gasteiger partial charge in [0.1, 0.15) is 0 Å². The molecule has 44 heavy (non-hydrogen) atoms. The summed E-state index contributed by atoms with van der Waals surface area (Å²) in [5.41, 5.74) is 2.48. The molecule has 11 heteroatoms. The summed E-state index contributed by atoms with van der Waals surface area (Å²) in [5, 5.41) is 6.71. The molecule has 5 rings (SSSR count). The van der Waals surface area contributed by atoms with Crippen molar-refractivity contribution in [2.75, 3.05) is 48.3 Å². The van der Waals surface area contributed by atoms with Crippen LogP contribution in [-0.4, -0.2) is 59.4 Å². The van der Waals surface area contributed by atoms with Crippen LogP contribution in [0, 0.1) is 6.92 Å². The van der Waals surface area contributed by atoms with Crippen molar-refractivity contribution in [3.05, 3.63) is 77.5 Å². The van der Waals surface area contributed by atoms with Gasteiger partial charge in [0.15, 0.2) is 0 Å². The van der Waals surface area contributed by atoms with E-state index < -0.39 is 17.6 Å². The maximum absolute atomic E-state index is 13.8. The minimum Gasteiger partial charge on any atom is -0.354 e. The van der Waals surface area contributed by atoms with Crippen LogP contribution in [0.2, 0.25) is 0 Å². The third kappa shape index (κ3) is 6.83. The summed E-state index contributed by atoms with van der Waals surface area (Å²) in [6.45, 7) is 10.3. The van der Waals surface area contributed by atoms with E-state index in [0.717, 1.165) is 71.2 Å². The molecule has 3 aromatic carbocycles. The Morgan fingerprint density at radius 3 is 2.52 bits per heavy atom. The predicted molar refractivity (Wildman–Crippen MR) is 167 cm³/mol. The Hall–Kier alpha value is -4.51. The van der Waals surface area contributed by atoms with Gasteiger partial charge in [-0.25, -0.2) is 9.97 Å². The molecule has 0 unspecified atom stereocenters. The molecule has 230 valence electrons. The number of anilines is 3. The van der Waals surface area contributed by atoms with Crippen molar-refractivity contribution in [3.8, 4) is 11.1 Å². The average Bonchev–Trinajstić information content (AvgIpc) is 3.00. The number of nitrogens with zero attached hydrogens (tertiary/aromatic N) is 4. The van der Waals surface area contributed by atoms with Gasteiger partial charge in [-0.1, -0.05) is 26.0 Å². The van der Waals surface area contributed by atoms with Gasteiger partial charge in [0.25, 0.3) is 5.91 Å². The summed E-state index contributed by atoms with van der Waals surface area (Å²) in [6.07, 6.45) is -1.73. The number of hydrogen-bond acceptors (Lipinski definition) is 6. The Morgan fingerprint density at radius 2 is 1.84 bits per heavy atom.